The van der Waals surface area contributed by atoms with Crippen LogP contribution in [-0.4, -0.2) is 5.91 Å². The van der Waals surface area contributed by atoms with E-state index in [0.717, 1.165) is 15.7 Å². The van der Waals surface area contributed by atoms with Gasteiger partial charge in [-0.3, -0.25) is 4.79 Å². The number of thiol groups is 1. The van der Waals surface area contributed by atoms with E-state index >= 15 is 0 Å². The lowest BCUT2D eigenvalue weighted by Gasteiger charge is -2.38. The minimum absolute atomic E-state index is 0.00696. The van der Waals surface area contributed by atoms with Crippen molar-refractivity contribution in [2.45, 2.75) is 25.9 Å². The average Bonchev–Trinajstić information content (AvgIpc) is 2.61. The first-order valence-electron chi connectivity index (χ1n) is 8.21. The lowest BCUT2D eigenvalue weighted by atomic mass is 10.0. The molecule has 1 N–H and O–H groups in total. The third-order valence-electron chi connectivity index (χ3n) is 4.32. The van der Waals surface area contributed by atoms with Gasteiger partial charge in [-0.25, -0.2) is 0 Å². The Kier molecular flexibility index (Phi) is 5.40. The summed E-state index contributed by atoms with van der Waals surface area (Å²) in [5.74, 6) is 0.00388. The summed E-state index contributed by atoms with van der Waals surface area (Å²) in [6.07, 6.45) is -0.450. The van der Waals surface area contributed by atoms with Gasteiger partial charge in [0.1, 0.15) is 17.8 Å². The normalized spacial score (nSPS) is 17.3. The minimum Gasteiger partial charge on any atom is -0.327 e. The topological polar surface area (TPSA) is 56.1 Å². The number of carbonyl (C=O) groups is 1. The Bertz CT molecular complexity index is 915. The molecule has 0 spiro atoms. The average molecular weight is 428 g/mol. The van der Waals surface area contributed by atoms with E-state index in [1.165, 1.54) is 5.56 Å². The Balaban J connectivity index is 2.12. The van der Waals surface area contributed by atoms with Gasteiger partial charge in [0.15, 0.2) is 0 Å². The van der Waals surface area contributed by atoms with Crippen LogP contribution < -0.4 is 10.2 Å². The highest BCUT2D eigenvalue weighted by Gasteiger charge is 2.34. The van der Waals surface area contributed by atoms with Gasteiger partial charge in [-0.15, -0.1) is 12.6 Å². The number of nitriles is 1. The van der Waals surface area contributed by atoms with Crippen LogP contribution in [0.3, 0.4) is 0 Å². The molecule has 132 valence electrons. The van der Waals surface area contributed by atoms with Gasteiger partial charge in [-0.05, 0) is 41.3 Å². The molecule has 1 heterocycles. The molecule has 1 aliphatic heterocycles. The molecule has 0 aliphatic carbocycles. The van der Waals surface area contributed by atoms with Crippen molar-refractivity contribution >= 4 is 40.2 Å². The number of anilines is 1. The van der Waals surface area contributed by atoms with E-state index < -0.39 is 12.1 Å². The monoisotopic (exact) mass is 427 g/mol. The lowest BCUT2D eigenvalue weighted by Crippen LogP contribution is -2.46. The number of carbonyl (C=O) groups excluding carboxylic acids is 1. The third-order valence-corrected chi connectivity index (χ3v) is 5.25. The van der Waals surface area contributed by atoms with E-state index in [1.54, 1.807) is 0 Å². The smallest absolute Gasteiger partial charge is 0.266 e. The molecule has 0 saturated carbocycles. The molecular weight excluding hydrogens is 410 g/mol. The van der Waals surface area contributed by atoms with Crippen LogP contribution in [0.5, 0.6) is 0 Å². The molecule has 0 saturated heterocycles. The zero-order valence-corrected chi connectivity index (χ0v) is 16.9. The van der Waals surface area contributed by atoms with E-state index in [9.17, 15) is 10.1 Å². The SMILES string of the molecule is CC(C)c1ccc(N2C(S)=C(C#N)C(=O)NC2c2cccc(Br)c2)cc1. The van der Waals surface area contributed by atoms with Gasteiger partial charge in [0, 0.05) is 10.2 Å². The van der Waals surface area contributed by atoms with E-state index in [4.69, 9.17) is 0 Å². The maximum atomic E-state index is 12.3. The Morgan fingerprint density at radius 2 is 1.92 bits per heavy atom. The number of amides is 1. The summed E-state index contributed by atoms with van der Waals surface area (Å²) in [5, 5.41) is 12.6. The molecule has 4 nitrogen and oxygen atoms in total. The van der Waals surface area contributed by atoms with Crippen molar-refractivity contribution in [3.63, 3.8) is 0 Å². The van der Waals surface area contributed by atoms with Gasteiger partial charge >= 0.3 is 0 Å². The zero-order valence-electron chi connectivity index (χ0n) is 14.4. The molecule has 1 amide bonds. The van der Waals surface area contributed by atoms with Crippen molar-refractivity contribution in [1.82, 2.24) is 5.32 Å². The summed E-state index contributed by atoms with van der Waals surface area (Å²) in [4.78, 5) is 14.2. The second-order valence-electron chi connectivity index (χ2n) is 6.36. The molecule has 2 aromatic carbocycles. The fraction of sp³-hybridized carbons (Fsp3) is 0.200. The summed E-state index contributed by atoms with van der Waals surface area (Å²) in [7, 11) is 0. The largest absolute Gasteiger partial charge is 0.327 e. The van der Waals surface area contributed by atoms with Crippen LogP contribution >= 0.6 is 28.6 Å². The fourth-order valence-electron chi connectivity index (χ4n) is 2.91. The molecule has 0 aromatic heterocycles. The standard InChI is InChI=1S/C20H18BrN3OS/c1-12(2)13-6-8-16(9-7-13)24-18(14-4-3-5-15(21)10-14)23-19(25)17(11-22)20(24)26/h3-10,12,18,26H,1-2H3,(H,23,25). The number of nitrogens with zero attached hydrogens (tertiary/aromatic N) is 2. The quantitative estimate of drug-likeness (QED) is 0.686. The molecule has 3 rings (SSSR count). The second kappa shape index (κ2) is 7.56. The molecule has 1 aliphatic rings. The predicted molar refractivity (Wildman–Crippen MR) is 110 cm³/mol. The van der Waals surface area contributed by atoms with Crippen molar-refractivity contribution < 1.29 is 4.79 Å². The highest BCUT2D eigenvalue weighted by atomic mass is 79.9. The van der Waals surface area contributed by atoms with Crippen molar-refractivity contribution in [1.29, 1.82) is 5.26 Å². The Morgan fingerprint density at radius 1 is 1.23 bits per heavy atom. The number of hydrogen-bond donors (Lipinski definition) is 2. The second-order valence-corrected chi connectivity index (χ2v) is 7.70. The fourth-order valence-corrected chi connectivity index (χ4v) is 3.71. The van der Waals surface area contributed by atoms with Crippen LogP contribution in [0.1, 0.15) is 37.1 Å². The van der Waals surface area contributed by atoms with E-state index in [0.29, 0.717) is 10.9 Å². The van der Waals surface area contributed by atoms with Crippen molar-refractivity contribution in [2.75, 3.05) is 4.90 Å². The molecule has 2 aromatic rings. The molecule has 26 heavy (non-hydrogen) atoms. The number of nitrogens with one attached hydrogen (secondary N) is 1. The summed E-state index contributed by atoms with van der Waals surface area (Å²) in [6, 6.07) is 17.8. The Morgan fingerprint density at radius 3 is 2.50 bits per heavy atom. The Hall–Kier alpha value is -2.23. The van der Waals surface area contributed by atoms with Gasteiger partial charge < -0.3 is 10.2 Å². The van der Waals surface area contributed by atoms with Crippen molar-refractivity contribution in [3.05, 3.63) is 74.7 Å². The van der Waals surface area contributed by atoms with Crippen molar-refractivity contribution in [3.8, 4) is 6.07 Å². The molecule has 0 bridgehead atoms. The van der Waals surface area contributed by atoms with Crippen LogP contribution in [0.4, 0.5) is 5.69 Å². The first-order chi connectivity index (χ1) is 12.4. The van der Waals surface area contributed by atoms with Gasteiger partial charge in [0.25, 0.3) is 5.91 Å². The lowest BCUT2D eigenvalue weighted by molar-refractivity contribution is -0.118. The number of hydrogen-bond acceptors (Lipinski definition) is 4. The van der Waals surface area contributed by atoms with Gasteiger partial charge in [0.05, 0.1) is 5.03 Å². The van der Waals surface area contributed by atoms with E-state index in [1.807, 2.05) is 47.4 Å². The number of rotatable bonds is 3. The maximum absolute atomic E-state index is 12.3. The predicted octanol–water partition coefficient (Wildman–Crippen LogP) is 4.87. The van der Waals surface area contributed by atoms with Crippen molar-refractivity contribution in [2.24, 2.45) is 0 Å². The highest BCUT2D eigenvalue weighted by molar-refractivity contribution is 9.10. The number of halogens is 1. The molecular formula is C20H18BrN3OS. The van der Waals surface area contributed by atoms with Crippen LogP contribution in [0.15, 0.2) is 63.6 Å². The van der Waals surface area contributed by atoms with E-state index in [-0.39, 0.29) is 5.57 Å². The molecule has 1 unspecified atom stereocenters. The molecule has 1 atom stereocenters. The zero-order chi connectivity index (χ0) is 18.8. The molecule has 0 radical (unpaired) electrons. The van der Waals surface area contributed by atoms with Gasteiger partial charge in [-0.1, -0.05) is 54.0 Å². The summed E-state index contributed by atoms with van der Waals surface area (Å²) >= 11 is 7.99. The van der Waals surface area contributed by atoms with E-state index in [2.05, 4.69) is 59.9 Å². The Labute approximate surface area is 167 Å². The van der Waals surface area contributed by atoms with Crippen LogP contribution in [0.25, 0.3) is 0 Å². The maximum Gasteiger partial charge on any atom is 0.266 e. The molecule has 6 heteroatoms. The minimum atomic E-state index is -0.450. The highest BCUT2D eigenvalue weighted by Crippen LogP contribution is 2.36. The summed E-state index contributed by atoms with van der Waals surface area (Å²) < 4.78 is 0.912. The number of benzene rings is 2. The van der Waals surface area contributed by atoms with Gasteiger partial charge in [-0.2, -0.15) is 5.26 Å². The first kappa shape index (κ1) is 18.6. The third kappa shape index (κ3) is 3.50. The first-order valence-corrected chi connectivity index (χ1v) is 9.45. The van der Waals surface area contributed by atoms with Crippen LogP contribution in [0.2, 0.25) is 0 Å². The van der Waals surface area contributed by atoms with Crippen LogP contribution in [0, 0.1) is 11.3 Å². The van der Waals surface area contributed by atoms with Crippen LogP contribution in [-0.2, 0) is 4.79 Å². The summed E-state index contributed by atoms with van der Waals surface area (Å²) in [5.41, 5.74) is 2.98. The summed E-state index contributed by atoms with van der Waals surface area (Å²) in [6.45, 7) is 4.27. The van der Waals surface area contributed by atoms with Gasteiger partial charge in [0.2, 0.25) is 0 Å². The molecule has 0 fully saturated rings.